The molecule has 1 heterocycles. The van der Waals surface area contributed by atoms with E-state index >= 15 is 0 Å². The standard InChI is InChI=1S/C25H26Cl2O4/c26-18-9-5-8-17(15-18)7-3-1-2-4-11-23-25(21(28)10-6-12-24(29)30)20-16-19(27)13-14-22(20)31-23/h5,8-9,13-16H,1-4,6-7,10-12H2,(H,29,30). The molecule has 164 valence electrons. The van der Waals surface area contributed by atoms with E-state index in [-0.39, 0.29) is 18.6 Å². The molecule has 0 aliphatic carbocycles. The van der Waals surface area contributed by atoms with Crippen molar-refractivity contribution >= 4 is 45.9 Å². The van der Waals surface area contributed by atoms with Crippen molar-refractivity contribution in [2.75, 3.05) is 0 Å². The monoisotopic (exact) mass is 460 g/mol. The van der Waals surface area contributed by atoms with Gasteiger partial charge in [-0.1, -0.05) is 48.2 Å². The molecular formula is C25H26Cl2O4. The Balaban J connectivity index is 1.58. The highest BCUT2D eigenvalue weighted by Crippen LogP contribution is 2.31. The molecule has 0 saturated carbocycles. The number of carbonyl (C=O) groups is 2. The van der Waals surface area contributed by atoms with Crippen LogP contribution in [0.25, 0.3) is 11.0 Å². The zero-order chi connectivity index (χ0) is 22.2. The van der Waals surface area contributed by atoms with Crippen molar-refractivity contribution in [3.63, 3.8) is 0 Å². The Bertz CT molecular complexity index is 1050. The third-order valence-electron chi connectivity index (χ3n) is 5.30. The first kappa shape index (κ1) is 23.4. The second kappa shape index (κ2) is 11.4. The van der Waals surface area contributed by atoms with Crippen LogP contribution >= 0.6 is 23.2 Å². The van der Waals surface area contributed by atoms with Crippen LogP contribution in [0.5, 0.6) is 0 Å². The van der Waals surface area contributed by atoms with E-state index in [1.54, 1.807) is 18.2 Å². The van der Waals surface area contributed by atoms with Gasteiger partial charge >= 0.3 is 5.97 Å². The van der Waals surface area contributed by atoms with Gasteiger partial charge in [-0.2, -0.15) is 0 Å². The zero-order valence-electron chi connectivity index (χ0n) is 17.3. The fourth-order valence-electron chi connectivity index (χ4n) is 3.79. The first-order valence-electron chi connectivity index (χ1n) is 10.6. The van der Waals surface area contributed by atoms with Gasteiger partial charge in [0.1, 0.15) is 11.3 Å². The lowest BCUT2D eigenvalue weighted by Crippen LogP contribution is -2.04. The average Bonchev–Trinajstić information content (AvgIpc) is 3.07. The summed E-state index contributed by atoms with van der Waals surface area (Å²) >= 11 is 12.2. The van der Waals surface area contributed by atoms with Gasteiger partial charge in [-0.25, -0.2) is 0 Å². The predicted octanol–water partition coefficient (Wildman–Crippen LogP) is 7.52. The molecule has 0 unspecified atom stereocenters. The summed E-state index contributed by atoms with van der Waals surface area (Å²) in [5.41, 5.74) is 2.44. The summed E-state index contributed by atoms with van der Waals surface area (Å²) < 4.78 is 5.98. The average molecular weight is 461 g/mol. The number of hydrogen-bond acceptors (Lipinski definition) is 3. The topological polar surface area (TPSA) is 67.5 Å². The van der Waals surface area contributed by atoms with Gasteiger partial charge in [0.25, 0.3) is 0 Å². The van der Waals surface area contributed by atoms with Gasteiger partial charge in [0, 0.05) is 34.7 Å². The lowest BCUT2D eigenvalue weighted by molar-refractivity contribution is -0.137. The third-order valence-corrected chi connectivity index (χ3v) is 5.77. The van der Waals surface area contributed by atoms with Crippen LogP contribution in [0.15, 0.2) is 46.9 Å². The lowest BCUT2D eigenvalue weighted by Gasteiger charge is -2.04. The molecule has 31 heavy (non-hydrogen) atoms. The molecule has 0 saturated heterocycles. The minimum atomic E-state index is -0.897. The van der Waals surface area contributed by atoms with Gasteiger partial charge < -0.3 is 9.52 Å². The quantitative estimate of drug-likeness (QED) is 0.224. The number of carboxylic acids is 1. The summed E-state index contributed by atoms with van der Waals surface area (Å²) in [6, 6.07) is 13.2. The smallest absolute Gasteiger partial charge is 0.303 e. The lowest BCUT2D eigenvalue weighted by atomic mass is 9.99. The number of carboxylic acid groups (broad SMARTS) is 1. The summed E-state index contributed by atoms with van der Waals surface area (Å²) in [4.78, 5) is 23.6. The van der Waals surface area contributed by atoms with Crippen LogP contribution in [-0.2, 0) is 17.6 Å². The van der Waals surface area contributed by atoms with Crippen molar-refractivity contribution in [3.05, 3.63) is 69.4 Å². The SMILES string of the molecule is O=C(O)CCCC(=O)c1c(CCCCCCc2cccc(Cl)c2)oc2ccc(Cl)cc12. The van der Waals surface area contributed by atoms with Crippen molar-refractivity contribution in [2.24, 2.45) is 0 Å². The molecule has 0 spiro atoms. The number of aliphatic carboxylic acids is 1. The molecule has 3 aromatic rings. The van der Waals surface area contributed by atoms with Gasteiger partial charge in [0.15, 0.2) is 5.78 Å². The summed E-state index contributed by atoms with van der Waals surface area (Å²) in [5.74, 6) is -0.309. The van der Waals surface area contributed by atoms with Crippen molar-refractivity contribution in [2.45, 2.75) is 57.8 Å². The second-order valence-corrected chi connectivity index (χ2v) is 8.63. The molecule has 1 aromatic heterocycles. The summed E-state index contributed by atoms with van der Waals surface area (Å²) in [6.45, 7) is 0. The molecule has 6 heteroatoms. The van der Waals surface area contributed by atoms with E-state index in [2.05, 4.69) is 6.07 Å². The van der Waals surface area contributed by atoms with Crippen molar-refractivity contribution in [1.29, 1.82) is 0 Å². The number of carbonyl (C=O) groups excluding carboxylic acids is 1. The molecule has 0 fully saturated rings. The highest BCUT2D eigenvalue weighted by Gasteiger charge is 2.20. The Hall–Kier alpha value is -2.30. The maximum atomic E-state index is 12.8. The van der Waals surface area contributed by atoms with Crippen molar-refractivity contribution in [3.8, 4) is 0 Å². The van der Waals surface area contributed by atoms with Crippen molar-refractivity contribution < 1.29 is 19.1 Å². The number of unbranched alkanes of at least 4 members (excludes halogenated alkanes) is 3. The van der Waals surface area contributed by atoms with E-state index in [9.17, 15) is 9.59 Å². The van der Waals surface area contributed by atoms with E-state index in [1.807, 2.05) is 18.2 Å². The van der Waals surface area contributed by atoms with Gasteiger partial charge in [-0.3, -0.25) is 9.59 Å². The highest BCUT2D eigenvalue weighted by molar-refractivity contribution is 6.31. The first-order valence-corrected chi connectivity index (χ1v) is 11.4. The molecule has 0 bridgehead atoms. The van der Waals surface area contributed by atoms with Crippen LogP contribution in [0.2, 0.25) is 10.0 Å². The number of ketones is 1. The third kappa shape index (κ3) is 6.84. The van der Waals surface area contributed by atoms with E-state index in [0.29, 0.717) is 40.2 Å². The molecule has 3 rings (SSSR count). The van der Waals surface area contributed by atoms with Crippen LogP contribution in [-0.4, -0.2) is 16.9 Å². The summed E-state index contributed by atoms with van der Waals surface area (Å²) in [7, 11) is 0. The largest absolute Gasteiger partial charge is 0.481 e. The minimum Gasteiger partial charge on any atom is -0.481 e. The van der Waals surface area contributed by atoms with Crippen molar-refractivity contribution in [1.82, 2.24) is 0 Å². The van der Waals surface area contributed by atoms with Crippen LogP contribution < -0.4 is 0 Å². The molecule has 0 radical (unpaired) electrons. The summed E-state index contributed by atoms with van der Waals surface area (Å²) in [5, 5.41) is 10.9. The Kier molecular flexibility index (Phi) is 8.56. The van der Waals surface area contributed by atoms with E-state index < -0.39 is 5.97 Å². The minimum absolute atomic E-state index is 0.0236. The number of Topliss-reactive ketones (excluding diaryl/α,β-unsaturated/α-hetero) is 1. The van der Waals surface area contributed by atoms with Gasteiger partial charge in [0.05, 0.1) is 5.56 Å². The highest BCUT2D eigenvalue weighted by atomic mass is 35.5. The van der Waals surface area contributed by atoms with Gasteiger partial charge in [-0.15, -0.1) is 0 Å². The zero-order valence-corrected chi connectivity index (χ0v) is 18.8. The second-order valence-electron chi connectivity index (χ2n) is 7.76. The predicted molar refractivity (Wildman–Crippen MR) is 124 cm³/mol. The number of furan rings is 1. The Morgan fingerprint density at radius 3 is 2.32 bits per heavy atom. The van der Waals surface area contributed by atoms with Crippen LogP contribution in [0.3, 0.4) is 0 Å². The molecule has 1 N–H and O–H groups in total. The number of halogens is 2. The van der Waals surface area contributed by atoms with Gasteiger partial charge in [-0.05, 0) is 61.6 Å². The maximum absolute atomic E-state index is 12.8. The van der Waals surface area contributed by atoms with Crippen LogP contribution in [0, 0.1) is 0 Å². The molecule has 4 nitrogen and oxygen atoms in total. The number of hydrogen-bond donors (Lipinski definition) is 1. The molecular weight excluding hydrogens is 435 g/mol. The Morgan fingerprint density at radius 2 is 1.58 bits per heavy atom. The van der Waals surface area contributed by atoms with E-state index in [0.717, 1.165) is 37.1 Å². The van der Waals surface area contributed by atoms with Crippen LogP contribution in [0.4, 0.5) is 0 Å². The normalized spacial score (nSPS) is 11.2. The number of fused-ring (bicyclic) bond motifs is 1. The first-order chi connectivity index (χ1) is 14.9. The molecule has 0 aliphatic heterocycles. The molecule has 0 aliphatic rings. The molecule has 0 atom stereocenters. The molecule has 0 amide bonds. The van der Waals surface area contributed by atoms with Gasteiger partial charge in [0.2, 0.25) is 0 Å². The maximum Gasteiger partial charge on any atom is 0.303 e. The van der Waals surface area contributed by atoms with Crippen LogP contribution in [0.1, 0.15) is 66.6 Å². The van der Waals surface area contributed by atoms with E-state index in [1.165, 1.54) is 5.56 Å². The Morgan fingerprint density at radius 1 is 0.839 bits per heavy atom. The molecule has 2 aromatic carbocycles. The summed E-state index contributed by atoms with van der Waals surface area (Å²) in [6.07, 6.45) is 6.25. The fourth-order valence-corrected chi connectivity index (χ4v) is 4.17. The number of aryl methyl sites for hydroxylation is 2. The Labute approximate surface area is 192 Å². The number of rotatable bonds is 12. The fraction of sp³-hybridized carbons (Fsp3) is 0.360. The van der Waals surface area contributed by atoms with E-state index in [4.69, 9.17) is 32.7 Å². The number of benzene rings is 2.